The Hall–Kier alpha value is -2.68. The molecule has 1 aromatic heterocycles. The van der Waals surface area contributed by atoms with Crippen molar-refractivity contribution in [2.24, 2.45) is 5.92 Å². The van der Waals surface area contributed by atoms with E-state index in [2.05, 4.69) is 37.8 Å². The number of aromatic nitrogens is 3. The smallest absolute Gasteiger partial charge is 0.328 e. The monoisotopic (exact) mass is 443 g/mol. The van der Waals surface area contributed by atoms with Gasteiger partial charge < -0.3 is 26.4 Å². The first-order valence-corrected chi connectivity index (χ1v) is 11.8. The zero-order chi connectivity index (χ0) is 22.3. The number of benzene rings is 1. The van der Waals surface area contributed by atoms with Gasteiger partial charge in [-0.3, -0.25) is 0 Å². The molecule has 8 nitrogen and oxygen atoms in total. The summed E-state index contributed by atoms with van der Waals surface area (Å²) in [4.78, 5) is 13.4. The summed E-state index contributed by atoms with van der Waals surface area (Å²) in [6.45, 7) is 3.97. The minimum Gasteiger partial charge on any atom is -0.421 e. The van der Waals surface area contributed by atoms with Gasteiger partial charge in [-0.05, 0) is 56.7 Å². The summed E-state index contributed by atoms with van der Waals surface area (Å²) in [5, 5.41) is 10.3. The van der Waals surface area contributed by atoms with Crippen LogP contribution in [0.2, 0.25) is 0 Å². The molecule has 1 aliphatic carbocycles. The first-order chi connectivity index (χ1) is 15.6. The van der Waals surface area contributed by atoms with E-state index in [0.717, 1.165) is 25.9 Å². The molecule has 0 bridgehead atoms. The number of nitrogens with two attached hydrogens (primary N) is 1. The normalized spacial score (nSPS) is 20.1. The highest BCUT2D eigenvalue weighted by Crippen LogP contribution is 2.27. The molecule has 0 amide bonds. The predicted molar refractivity (Wildman–Crippen MR) is 125 cm³/mol. The van der Waals surface area contributed by atoms with Gasteiger partial charge in [0.1, 0.15) is 0 Å². The van der Waals surface area contributed by atoms with Gasteiger partial charge in [-0.2, -0.15) is 15.0 Å². The molecule has 9 heteroatoms. The fraction of sp³-hybridized carbons (Fsp3) is 0.609. The second-order valence-electron chi connectivity index (χ2n) is 8.80. The van der Waals surface area contributed by atoms with Gasteiger partial charge in [0.25, 0.3) is 0 Å². The van der Waals surface area contributed by atoms with Crippen molar-refractivity contribution in [3.63, 3.8) is 0 Å². The van der Waals surface area contributed by atoms with E-state index in [1.165, 1.54) is 50.7 Å². The lowest BCUT2D eigenvalue weighted by Gasteiger charge is -2.24. The SMILES string of the molecule is CCC(Nc1nc(NCC2CCCCC2)nc(Oc2ccc(N)cc2F)n1)C1CCCN1. The van der Waals surface area contributed by atoms with E-state index in [9.17, 15) is 4.39 Å². The molecular weight excluding hydrogens is 409 g/mol. The van der Waals surface area contributed by atoms with Gasteiger partial charge in [-0.25, -0.2) is 4.39 Å². The van der Waals surface area contributed by atoms with Crippen molar-refractivity contribution < 1.29 is 9.13 Å². The third-order valence-electron chi connectivity index (χ3n) is 6.38. The van der Waals surface area contributed by atoms with Gasteiger partial charge in [0.15, 0.2) is 11.6 Å². The Morgan fingerprint density at radius 1 is 1.12 bits per heavy atom. The molecular formula is C23H34FN7O. The number of anilines is 3. The second kappa shape index (κ2) is 10.8. The number of hydrogen-bond donors (Lipinski definition) is 4. The summed E-state index contributed by atoms with van der Waals surface area (Å²) in [5.74, 6) is 0.949. The molecule has 32 heavy (non-hydrogen) atoms. The first-order valence-electron chi connectivity index (χ1n) is 11.8. The molecule has 1 saturated carbocycles. The summed E-state index contributed by atoms with van der Waals surface area (Å²) in [6.07, 6.45) is 9.50. The number of nitrogens with one attached hydrogen (secondary N) is 3. The van der Waals surface area contributed by atoms with E-state index in [0.29, 0.717) is 29.5 Å². The van der Waals surface area contributed by atoms with E-state index in [1.54, 1.807) is 6.07 Å². The topological polar surface area (TPSA) is 110 Å². The Bertz CT molecular complexity index is 885. The van der Waals surface area contributed by atoms with Crippen molar-refractivity contribution in [1.29, 1.82) is 0 Å². The lowest BCUT2D eigenvalue weighted by Crippen LogP contribution is -2.40. The van der Waals surface area contributed by atoms with Crippen LogP contribution in [-0.2, 0) is 0 Å². The van der Waals surface area contributed by atoms with Crippen LogP contribution in [-0.4, -0.2) is 40.1 Å². The maximum absolute atomic E-state index is 14.3. The molecule has 1 aromatic carbocycles. The number of nitrogens with zero attached hydrogens (tertiary/aromatic N) is 3. The standard InChI is InChI=1S/C23H34FN7O/c1-2-18(19-9-6-12-26-19)28-22-29-21(27-14-15-7-4-3-5-8-15)30-23(31-22)32-20-11-10-16(25)13-17(20)24/h10-11,13,15,18-19,26H,2-9,12,14,25H2,1H3,(H2,27,28,29,30,31). The molecule has 1 saturated heterocycles. The molecule has 4 rings (SSSR count). The maximum atomic E-state index is 14.3. The van der Waals surface area contributed by atoms with Crippen LogP contribution in [0, 0.1) is 11.7 Å². The third kappa shape index (κ3) is 5.97. The predicted octanol–water partition coefficient (Wildman–Crippen LogP) is 4.32. The lowest BCUT2D eigenvalue weighted by molar-refractivity contribution is 0.372. The quantitative estimate of drug-likeness (QED) is 0.424. The minimum atomic E-state index is -0.557. The van der Waals surface area contributed by atoms with Gasteiger partial charge in [0.05, 0.1) is 0 Å². The molecule has 2 atom stereocenters. The van der Waals surface area contributed by atoms with Crippen LogP contribution < -0.4 is 26.4 Å². The molecule has 0 radical (unpaired) electrons. The van der Waals surface area contributed by atoms with E-state index in [4.69, 9.17) is 10.5 Å². The average Bonchev–Trinajstić information content (AvgIpc) is 3.33. The molecule has 2 unspecified atom stereocenters. The van der Waals surface area contributed by atoms with Gasteiger partial charge in [-0.1, -0.05) is 26.2 Å². The first kappa shape index (κ1) is 22.5. The summed E-state index contributed by atoms with van der Waals surface area (Å²) in [7, 11) is 0. The maximum Gasteiger partial charge on any atom is 0.328 e. The molecule has 0 spiro atoms. The molecule has 5 N–H and O–H groups in total. The number of hydrogen-bond acceptors (Lipinski definition) is 8. The Kier molecular flexibility index (Phi) is 7.57. The molecule has 2 fully saturated rings. The molecule has 2 aromatic rings. The van der Waals surface area contributed by atoms with Crippen molar-refractivity contribution in [1.82, 2.24) is 20.3 Å². The van der Waals surface area contributed by atoms with Crippen molar-refractivity contribution in [2.75, 3.05) is 29.5 Å². The zero-order valence-corrected chi connectivity index (χ0v) is 18.7. The van der Waals surface area contributed by atoms with E-state index >= 15 is 0 Å². The average molecular weight is 444 g/mol. The Morgan fingerprint density at radius 2 is 1.94 bits per heavy atom. The molecule has 174 valence electrons. The second-order valence-corrected chi connectivity index (χ2v) is 8.80. The van der Waals surface area contributed by atoms with E-state index in [-0.39, 0.29) is 17.8 Å². The van der Waals surface area contributed by atoms with Crippen LogP contribution in [0.15, 0.2) is 18.2 Å². The largest absolute Gasteiger partial charge is 0.421 e. The highest BCUT2D eigenvalue weighted by atomic mass is 19.1. The van der Waals surface area contributed by atoms with Gasteiger partial charge in [0, 0.05) is 30.4 Å². The summed E-state index contributed by atoms with van der Waals surface area (Å²) >= 11 is 0. The van der Waals surface area contributed by atoms with Crippen molar-refractivity contribution >= 4 is 17.6 Å². The number of ether oxygens (including phenoxy) is 1. The highest BCUT2D eigenvalue weighted by Gasteiger charge is 2.24. The van der Waals surface area contributed by atoms with Gasteiger partial charge in [-0.15, -0.1) is 0 Å². The number of rotatable bonds is 9. The van der Waals surface area contributed by atoms with E-state index in [1.807, 2.05) is 0 Å². The van der Waals surface area contributed by atoms with Crippen LogP contribution in [0.5, 0.6) is 11.8 Å². The van der Waals surface area contributed by atoms with Crippen molar-refractivity contribution in [3.8, 4) is 11.8 Å². The minimum absolute atomic E-state index is 0.0269. The summed E-state index contributed by atoms with van der Waals surface area (Å²) < 4.78 is 20.0. The van der Waals surface area contributed by atoms with Gasteiger partial charge >= 0.3 is 6.01 Å². The third-order valence-corrected chi connectivity index (χ3v) is 6.38. The van der Waals surface area contributed by atoms with Crippen LogP contribution in [0.1, 0.15) is 58.3 Å². The Balaban J connectivity index is 1.53. The molecule has 2 heterocycles. The number of nitrogen functional groups attached to an aromatic ring is 1. The Morgan fingerprint density at radius 3 is 2.66 bits per heavy atom. The van der Waals surface area contributed by atoms with Crippen LogP contribution >= 0.6 is 0 Å². The van der Waals surface area contributed by atoms with Crippen LogP contribution in [0.25, 0.3) is 0 Å². The fourth-order valence-corrected chi connectivity index (χ4v) is 4.58. The fourth-order valence-electron chi connectivity index (χ4n) is 4.58. The summed E-state index contributed by atoms with van der Waals surface area (Å²) in [5.41, 5.74) is 5.98. The van der Waals surface area contributed by atoms with Crippen molar-refractivity contribution in [2.45, 2.75) is 70.4 Å². The van der Waals surface area contributed by atoms with Gasteiger partial charge in [0.2, 0.25) is 11.9 Å². The molecule has 2 aliphatic rings. The van der Waals surface area contributed by atoms with Crippen molar-refractivity contribution in [3.05, 3.63) is 24.0 Å². The highest BCUT2D eigenvalue weighted by molar-refractivity contribution is 5.44. The Labute approximate surface area is 189 Å². The van der Waals surface area contributed by atoms with E-state index < -0.39 is 5.82 Å². The zero-order valence-electron chi connectivity index (χ0n) is 18.7. The summed E-state index contributed by atoms with van der Waals surface area (Å²) in [6, 6.07) is 4.89. The molecule has 1 aliphatic heterocycles. The number of halogens is 1. The van der Waals surface area contributed by atoms with Crippen LogP contribution in [0.4, 0.5) is 22.0 Å². The lowest BCUT2D eigenvalue weighted by atomic mass is 9.89. The van der Waals surface area contributed by atoms with Crippen LogP contribution in [0.3, 0.4) is 0 Å².